The number of nitrogens with zero attached hydrogens (tertiary/aromatic N) is 1. The molecule has 2 heterocycles. The zero-order chi connectivity index (χ0) is 11.5. The van der Waals surface area contributed by atoms with E-state index in [1.807, 2.05) is 0 Å². The summed E-state index contributed by atoms with van der Waals surface area (Å²) in [6, 6.07) is 4.38. The third-order valence-corrected chi connectivity index (χ3v) is 3.66. The SMILES string of the molecule is CCc1cc(-c2ccsc2)nc(C)c1CC. The first-order valence-corrected chi connectivity index (χ1v) is 6.72. The maximum atomic E-state index is 4.70. The minimum Gasteiger partial charge on any atom is -0.253 e. The van der Waals surface area contributed by atoms with Crippen LogP contribution in [0.4, 0.5) is 0 Å². The van der Waals surface area contributed by atoms with Crippen molar-refractivity contribution < 1.29 is 0 Å². The zero-order valence-corrected chi connectivity index (χ0v) is 10.9. The van der Waals surface area contributed by atoms with Crippen molar-refractivity contribution in [1.29, 1.82) is 0 Å². The van der Waals surface area contributed by atoms with Gasteiger partial charge in [0.2, 0.25) is 0 Å². The van der Waals surface area contributed by atoms with Crippen molar-refractivity contribution in [2.24, 2.45) is 0 Å². The third-order valence-electron chi connectivity index (χ3n) is 2.97. The molecular weight excluding hydrogens is 214 g/mol. The van der Waals surface area contributed by atoms with Gasteiger partial charge in [-0.2, -0.15) is 11.3 Å². The molecule has 16 heavy (non-hydrogen) atoms. The van der Waals surface area contributed by atoms with Crippen LogP contribution in [-0.4, -0.2) is 4.98 Å². The van der Waals surface area contributed by atoms with E-state index < -0.39 is 0 Å². The number of aromatic nitrogens is 1. The Morgan fingerprint density at radius 3 is 2.62 bits per heavy atom. The fraction of sp³-hybridized carbons (Fsp3) is 0.357. The number of pyridine rings is 1. The lowest BCUT2D eigenvalue weighted by Crippen LogP contribution is -1.99. The van der Waals surface area contributed by atoms with Crippen LogP contribution in [0.3, 0.4) is 0 Å². The lowest BCUT2D eigenvalue weighted by Gasteiger charge is -2.11. The van der Waals surface area contributed by atoms with E-state index >= 15 is 0 Å². The summed E-state index contributed by atoms with van der Waals surface area (Å²) in [4.78, 5) is 4.70. The second kappa shape index (κ2) is 4.79. The van der Waals surface area contributed by atoms with Crippen LogP contribution in [0.5, 0.6) is 0 Å². The Hall–Kier alpha value is -1.15. The minimum absolute atomic E-state index is 1.08. The average molecular weight is 231 g/mol. The summed E-state index contributed by atoms with van der Waals surface area (Å²) in [5.41, 5.74) is 6.40. The number of thiophene rings is 1. The molecule has 0 amide bonds. The van der Waals surface area contributed by atoms with Crippen LogP contribution in [-0.2, 0) is 12.8 Å². The summed E-state index contributed by atoms with van der Waals surface area (Å²) < 4.78 is 0. The molecular formula is C14H17NS. The molecule has 0 aliphatic heterocycles. The standard InChI is InChI=1S/C14H17NS/c1-4-11-8-14(12-6-7-16-9-12)15-10(3)13(11)5-2/h6-9H,4-5H2,1-3H3. The predicted octanol–water partition coefficient (Wildman–Crippen LogP) is 4.24. The van der Waals surface area contributed by atoms with Gasteiger partial charge in [-0.1, -0.05) is 13.8 Å². The van der Waals surface area contributed by atoms with E-state index in [1.54, 1.807) is 11.3 Å². The Kier molecular flexibility index (Phi) is 3.39. The monoisotopic (exact) mass is 231 g/mol. The molecule has 0 aromatic carbocycles. The molecule has 0 radical (unpaired) electrons. The van der Waals surface area contributed by atoms with Gasteiger partial charge >= 0.3 is 0 Å². The Morgan fingerprint density at radius 2 is 2.06 bits per heavy atom. The van der Waals surface area contributed by atoms with E-state index in [0.717, 1.165) is 18.5 Å². The zero-order valence-electron chi connectivity index (χ0n) is 10.1. The lowest BCUT2D eigenvalue weighted by molar-refractivity contribution is 0.981. The van der Waals surface area contributed by atoms with Crippen LogP contribution in [0.1, 0.15) is 30.7 Å². The maximum Gasteiger partial charge on any atom is 0.0716 e. The van der Waals surface area contributed by atoms with Gasteiger partial charge in [0.1, 0.15) is 0 Å². The second-order valence-electron chi connectivity index (χ2n) is 3.95. The third kappa shape index (κ3) is 2.03. The molecule has 0 saturated carbocycles. The summed E-state index contributed by atoms with van der Waals surface area (Å²) in [5, 5.41) is 4.26. The normalized spacial score (nSPS) is 10.7. The largest absolute Gasteiger partial charge is 0.253 e. The molecule has 2 heteroatoms. The van der Waals surface area contributed by atoms with Crippen molar-refractivity contribution in [3.8, 4) is 11.3 Å². The fourth-order valence-electron chi connectivity index (χ4n) is 2.12. The molecule has 2 aromatic rings. The van der Waals surface area contributed by atoms with Gasteiger partial charge in [0.05, 0.1) is 5.69 Å². The Balaban J connectivity index is 2.54. The van der Waals surface area contributed by atoms with Crippen molar-refractivity contribution in [2.45, 2.75) is 33.6 Å². The van der Waals surface area contributed by atoms with E-state index in [4.69, 9.17) is 4.98 Å². The topological polar surface area (TPSA) is 12.9 Å². The van der Waals surface area contributed by atoms with Crippen molar-refractivity contribution >= 4 is 11.3 Å². The highest BCUT2D eigenvalue weighted by atomic mass is 32.1. The molecule has 0 bridgehead atoms. The number of aryl methyl sites for hydroxylation is 2. The second-order valence-corrected chi connectivity index (χ2v) is 4.73. The van der Waals surface area contributed by atoms with Crippen molar-refractivity contribution in [2.75, 3.05) is 0 Å². The van der Waals surface area contributed by atoms with Gasteiger partial charge in [-0.3, -0.25) is 4.98 Å². The van der Waals surface area contributed by atoms with Gasteiger partial charge in [-0.25, -0.2) is 0 Å². The van der Waals surface area contributed by atoms with Gasteiger partial charge < -0.3 is 0 Å². The van der Waals surface area contributed by atoms with E-state index in [2.05, 4.69) is 43.7 Å². The van der Waals surface area contributed by atoms with Crippen LogP contribution in [0.2, 0.25) is 0 Å². The molecule has 2 rings (SSSR count). The summed E-state index contributed by atoms with van der Waals surface area (Å²) in [5.74, 6) is 0. The molecule has 0 unspecified atom stereocenters. The molecule has 0 saturated heterocycles. The van der Waals surface area contributed by atoms with Crippen LogP contribution in [0.25, 0.3) is 11.3 Å². The summed E-state index contributed by atoms with van der Waals surface area (Å²) in [6.07, 6.45) is 2.16. The molecule has 1 nitrogen and oxygen atoms in total. The Bertz CT molecular complexity index is 472. The quantitative estimate of drug-likeness (QED) is 0.769. The van der Waals surface area contributed by atoms with Gasteiger partial charge in [-0.05, 0) is 48.4 Å². The van der Waals surface area contributed by atoms with Crippen LogP contribution in [0.15, 0.2) is 22.9 Å². The van der Waals surface area contributed by atoms with Crippen LogP contribution < -0.4 is 0 Å². The van der Waals surface area contributed by atoms with Crippen molar-refractivity contribution in [3.05, 3.63) is 39.7 Å². The number of hydrogen-bond donors (Lipinski definition) is 0. The average Bonchev–Trinajstić information content (AvgIpc) is 2.81. The molecule has 0 atom stereocenters. The van der Waals surface area contributed by atoms with Gasteiger partial charge in [0, 0.05) is 16.6 Å². The first kappa shape index (κ1) is 11.3. The highest BCUT2D eigenvalue weighted by molar-refractivity contribution is 7.08. The molecule has 0 aliphatic carbocycles. The minimum atomic E-state index is 1.08. The highest BCUT2D eigenvalue weighted by Gasteiger charge is 2.08. The van der Waals surface area contributed by atoms with Crippen molar-refractivity contribution in [3.63, 3.8) is 0 Å². The highest BCUT2D eigenvalue weighted by Crippen LogP contribution is 2.24. The molecule has 84 valence electrons. The Labute approximate surface area is 101 Å². The van der Waals surface area contributed by atoms with Crippen molar-refractivity contribution in [1.82, 2.24) is 4.98 Å². The summed E-state index contributed by atoms with van der Waals surface area (Å²) in [6.45, 7) is 6.53. The lowest BCUT2D eigenvalue weighted by atomic mass is 10.00. The Morgan fingerprint density at radius 1 is 1.25 bits per heavy atom. The van der Waals surface area contributed by atoms with Crippen LogP contribution >= 0.6 is 11.3 Å². The van der Waals surface area contributed by atoms with E-state index in [0.29, 0.717) is 0 Å². The van der Waals surface area contributed by atoms with E-state index in [-0.39, 0.29) is 0 Å². The van der Waals surface area contributed by atoms with E-state index in [9.17, 15) is 0 Å². The smallest absolute Gasteiger partial charge is 0.0716 e. The summed E-state index contributed by atoms with van der Waals surface area (Å²) >= 11 is 1.72. The fourth-order valence-corrected chi connectivity index (χ4v) is 2.77. The van der Waals surface area contributed by atoms with Gasteiger partial charge in [-0.15, -0.1) is 0 Å². The molecule has 0 fully saturated rings. The predicted molar refractivity (Wildman–Crippen MR) is 71.0 cm³/mol. The first-order valence-electron chi connectivity index (χ1n) is 5.78. The number of rotatable bonds is 3. The molecule has 0 spiro atoms. The number of hydrogen-bond acceptors (Lipinski definition) is 2. The maximum absolute atomic E-state index is 4.70. The van der Waals surface area contributed by atoms with Gasteiger partial charge in [0.25, 0.3) is 0 Å². The first-order chi connectivity index (χ1) is 7.76. The summed E-state index contributed by atoms with van der Waals surface area (Å²) in [7, 11) is 0. The van der Waals surface area contributed by atoms with Crippen LogP contribution in [0, 0.1) is 6.92 Å². The van der Waals surface area contributed by atoms with E-state index in [1.165, 1.54) is 22.4 Å². The van der Waals surface area contributed by atoms with Gasteiger partial charge in [0.15, 0.2) is 0 Å². The molecule has 2 aromatic heterocycles. The molecule has 0 N–H and O–H groups in total. The molecule has 0 aliphatic rings.